The predicted octanol–water partition coefficient (Wildman–Crippen LogP) is 2.44. The SMILES string of the molecule is CCC(N)Cc1ccc(N(C)CCc2ccncc2)nc1. The maximum Gasteiger partial charge on any atom is 0.128 e. The zero-order valence-corrected chi connectivity index (χ0v) is 12.9. The Hall–Kier alpha value is -1.94. The number of hydrogen-bond acceptors (Lipinski definition) is 4. The van der Waals surface area contributed by atoms with Crippen molar-refractivity contribution in [3.8, 4) is 0 Å². The number of nitrogens with zero attached hydrogens (tertiary/aromatic N) is 3. The molecule has 1 unspecified atom stereocenters. The highest BCUT2D eigenvalue weighted by Gasteiger charge is 2.05. The summed E-state index contributed by atoms with van der Waals surface area (Å²) in [6, 6.07) is 8.53. The van der Waals surface area contributed by atoms with Crippen molar-refractivity contribution in [3.63, 3.8) is 0 Å². The lowest BCUT2D eigenvalue weighted by Crippen LogP contribution is -2.23. The van der Waals surface area contributed by atoms with Crippen molar-refractivity contribution < 1.29 is 0 Å². The molecule has 0 saturated carbocycles. The van der Waals surface area contributed by atoms with Gasteiger partial charge in [-0.1, -0.05) is 13.0 Å². The third-order valence-corrected chi connectivity index (χ3v) is 3.71. The third-order valence-electron chi connectivity index (χ3n) is 3.71. The lowest BCUT2D eigenvalue weighted by molar-refractivity contribution is 0.645. The normalized spacial score (nSPS) is 12.1. The van der Waals surface area contributed by atoms with Gasteiger partial charge < -0.3 is 10.6 Å². The van der Waals surface area contributed by atoms with Gasteiger partial charge in [0.05, 0.1) is 0 Å². The van der Waals surface area contributed by atoms with Crippen LogP contribution in [0.1, 0.15) is 24.5 Å². The van der Waals surface area contributed by atoms with E-state index in [1.54, 1.807) is 0 Å². The van der Waals surface area contributed by atoms with E-state index < -0.39 is 0 Å². The second-order valence-electron chi connectivity index (χ2n) is 5.42. The first-order valence-corrected chi connectivity index (χ1v) is 7.49. The number of nitrogens with two attached hydrogens (primary N) is 1. The predicted molar refractivity (Wildman–Crippen MR) is 87.4 cm³/mol. The van der Waals surface area contributed by atoms with Crippen molar-refractivity contribution in [1.82, 2.24) is 9.97 Å². The Morgan fingerprint density at radius 3 is 2.52 bits per heavy atom. The van der Waals surface area contributed by atoms with Gasteiger partial charge in [-0.2, -0.15) is 0 Å². The van der Waals surface area contributed by atoms with E-state index in [0.29, 0.717) is 0 Å². The molecule has 0 bridgehead atoms. The molecule has 0 radical (unpaired) electrons. The summed E-state index contributed by atoms with van der Waals surface area (Å²) in [6.07, 6.45) is 8.48. The molecule has 0 aromatic carbocycles. The van der Waals surface area contributed by atoms with E-state index in [4.69, 9.17) is 5.73 Å². The quantitative estimate of drug-likeness (QED) is 0.848. The number of aromatic nitrogens is 2. The average Bonchev–Trinajstić information content (AvgIpc) is 2.54. The van der Waals surface area contributed by atoms with Gasteiger partial charge in [0, 0.05) is 38.2 Å². The zero-order valence-electron chi connectivity index (χ0n) is 12.9. The van der Waals surface area contributed by atoms with Gasteiger partial charge in [-0.15, -0.1) is 0 Å². The summed E-state index contributed by atoms with van der Waals surface area (Å²) in [7, 11) is 2.07. The minimum atomic E-state index is 0.224. The molecular formula is C17H24N4. The van der Waals surface area contributed by atoms with Crippen LogP contribution >= 0.6 is 0 Å². The summed E-state index contributed by atoms with van der Waals surface area (Å²) in [5, 5.41) is 0. The number of rotatable bonds is 7. The molecule has 2 N–H and O–H groups in total. The molecule has 2 rings (SSSR count). The van der Waals surface area contributed by atoms with Crippen LogP contribution in [0.5, 0.6) is 0 Å². The van der Waals surface area contributed by atoms with Crippen LogP contribution in [0.2, 0.25) is 0 Å². The van der Waals surface area contributed by atoms with Crippen molar-refractivity contribution >= 4 is 5.82 Å². The van der Waals surface area contributed by atoms with E-state index in [9.17, 15) is 0 Å². The molecule has 0 aliphatic carbocycles. The van der Waals surface area contributed by atoms with E-state index in [-0.39, 0.29) is 6.04 Å². The summed E-state index contributed by atoms with van der Waals surface area (Å²) >= 11 is 0. The number of hydrogen-bond donors (Lipinski definition) is 1. The number of pyridine rings is 2. The fourth-order valence-electron chi connectivity index (χ4n) is 2.17. The van der Waals surface area contributed by atoms with E-state index in [0.717, 1.165) is 31.6 Å². The molecule has 0 saturated heterocycles. The first-order chi connectivity index (χ1) is 10.2. The van der Waals surface area contributed by atoms with E-state index in [2.05, 4.69) is 53.1 Å². The summed E-state index contributed by atoms with van der Waals surface area (Å²) in [5.41, 5.74) is 8.47. The molecule has 4 heteroatoms. The van der Waals surface area contributed by atoms with Crippen molar-refractivity contribution in [2.24, 2.45) is 5.73 Å². The van der Waals surface area contributed by atoms with Crippen LogP contribution in [0.4, 0.5) is 5.82 Å². The van der Waals surface area contributed by atoms with Crippen LogP contribution in [-0.2, 0) is 12.8 Å². The third kappa shape index (κ3) is 4.83. The molecule has 0 amide bonds. The Labute approximate surface area is 127 Å². The van der Waals surface area contributed by atoms with Crippen LogP contribution in [-0.4, -0.2) is 29.6 Å². The van der Waals surface area contributed by atoms with Crippen LogP contribution in [0.15, 0.2) is 42.9 Å². The molecule has 0 aliphatic heterocycles. The highest BCUT2D eigenvalue weighted by molar-refractivity contribution is 5.38. The fraction of sp³-hybridized carbons (Fsp3) is 0.412. The topological polar surface area (TPSA) is 55.0 Å². The highest BCUT2D eigenvalue weighted by Crippen LogP contribution is 2.12. The lowest BCUT2D eigenvalue weighted by atomic mass is 10.1. The van der Waals surface area contributed by atoms with Gasteiger partial charge in [-0.25, -0.2) is 4.98 Å². The maximum atomic E-state index is 5.97. The number of anilines is 1. The first kappa shape index (κ1) is 15.4. The van der Waals surface area contributed by atoms with Crippen molar-refractivity contribution in [1.29, 1.82) is 0 Å². The van der Waals surface area contributed by atoms with Gasteiger partial charge in [0.25, 0.3) is 0 Å². The standard InChI is InChI=1S/C17H24N4/c1-3-16(18)12-15-4-5-17(20-13-15)21(2)11-8-14-6-9-19-10-7-14/h4-7,9-10,13,16H,3,8,11-12,18H2,1-2H3. The van der Waals surface area contributed by atoms with Gasteiger partial charge in [0.1, 0.15) is 5.82 Å². The minimum Gasteiger partial charge on any atom is -0.359 e. The van der Waals surface area contributed by atoms with Gasteiger partial charge in [0.15, 0.2) is 0 Å². The molecule has 0 fully saturated rings. The molecule has 2 heterocycles. The summed E-state index contributed by atoms with van der Waals surface area (Å²) in [6.45, 7) is 3.05. The van der Waals surface area contributed by atoms with Crippen LogP contribution in [0.3, 0.4) is 0 Å². The van der Waals surface area contributed by atoms with Crippen LogP contribution in [0, 0.1) is 0 Å². The zero-order chi connectivity index (χ0) is 15.1. The largest absolute Gasteiger partial charge is 0.359 e. The molecule has 4 nitrogen and oxygen atoms in total. The molecule has 0 aliphatic rings. The van der Waals surface area contributed by atoms with E-state index in [1.165, 1.54) is 11.1 Å². The summed E-state index contributed by atoms with van der Waals surface area (Å²) < 4.78 is 0. The second-order valence-corrected chi connectivity index (χ2v) is 5.42. The molecule has 112 valence electrons. The average molecular weight is 284 g/mol. The fourth-order valence-corrected chi connectivity index (χ4v) is 2.17. The smallest absolute Gasteiger partial charge is 0.128 e. The van der Waals surface area contributed by atoms with Crippen LogP contribution < -0.4 is 10.6 Å². The Morgan fingerprint density at radius 1 is 1.14 bits per heavy atom. The minimum absolute atomic E-state index is 0.224. The summed E-state index contributed by atoms with van der Waals surface area (Å²) in [4.78, 5) is 10.7. The Bertz CT molecular complexity index is 524. The first-order valence-electron chi connectivity index (χ1n) is 7.49. The summed E-state index contributed by atoms with van der Waals surface area (Å²) in [5.74, 6) is 0.998. The van der Waals surface area contributed by atoms with Crippen molar-refractivity contribution in [2.45, 2.75) is 32.2 Å². The van der Waals surface area contributed by atoms with Gasteiger partial charge >= 0.3 is 0 Å². The molecule has 2 aromatic heterocycles. The van der Waals surface area contributed by atoms with Crippen molar-refractivity contribution in [3.05, 3.63) is 54.0 Å². The molecule has 1 atom stereocenters. The molecular weight excluding hydrogens is 260 g/mol. The Morgan fingerprint density at radius 2 is 1.90 bits per heavy atom. The second kappa shape index (κ2) is 7.74. The van der Waals surface area contributed by atoms with E-state index >= 15 is 0 Å². The van der Waals surface area contributed by atoms with Gasteiger partial charge in [-0.05, 0) is 48.6 Å². The van der Waals surface area contributed by atoms with Crippen molar-refractivity contribution in [2.75, 3.05) is 18.5 Å². The molecule has 21 heavy (non-hydrogen) atoms. The van der Waals surface area contributed by atoms with Gasteiger partial charge in [-0.3, -0.25) is 4.98 Å². The lowest BCUT2D eigenvalue weighted by Gasteiger charge is -2.18. The monoisotopic (exact) mass is 284 g/mol. The molecule has 0 spiro atoms. The Balaban J connectivity index is 1.89. The van der Waals surface area contributed by atoms with Gasteiger partial charge in [0.2, 0.25) is 0 Å². The number of likely N-dealkylation sites (N-methyl/N-ethyl adjacent to an activating group) is 1. The van der Waals surface area contributed by atoms with E-state index in [1.807, 2.05) is 18.6 Å². The maximum absolute atomic E-state index is 5.97. The van der Waals surface area contributed by atoms with Crippen LogP contribution in [0.25, 0.3) is 0 Å². The highest BCUT2D eigenvalue weighted by atomic mass is 15.2. The Kier molecular flexibility index (Phi) is 5.69. The molecule has 2 aromatic rings.